The van der Waals surface area contributed by atoms with Gasteiger partial charge in [0.15, 0.2) is 11.5 Å². The summed E-state index contributed by atoms with van der Waals surface area (Å²) in [5.74, 6) is -0.866. The highest BCUT2D eigenvalue weighted by Crippen LogP contribution is 2.31. The van der Waals surface area contributed by atoms with Gasteiger partial charge in [-0.3, -0.25) is 4.79 Å². The molecular formula is C31H49NO11. The molecule has 0 fully saturated rings. The molecule has 1 rings (SSSR count). The largest absolute Gasteiger partial charge is 0.514 e. The first-order valence-electron chi connectivity index (χ1n) is 14.6. The molecule has 12 heteroatoms. The fourth-order valence-electron chi connectivity index (χ4n) is 2.93. The Balaban J connectivity index is 3.00. The standard InChI is InChI=1S/C31H49NO11/c1-12-30(8,9)42-28(35)40-24-15-14-22(17-25(24)41-29(36)43-31(10,11)13-2)16-23(32)26(33)37-20(6)21(7)39-27(34)38-19(5)18(3)4/h14-15,17-21,23H,12-13,16,32H2,1-11H3/t19?,20-,21-,23-/m0/s1. The van der Waals surface area contributed by atoms with E-state index in [1.54, 1.807) is 54.5 Å². The molecule has 1 unspecified atom stereocenters. The van der Waals surface area contributed by atoms with Crippen molar-refractivity contribution in [1.29, 1.82) is 0 Å². The summed E-state index contributed by atoms with van der Waals surface area (Å²) < 4.78 is 37.2. The number of nitrogens with two attached hydrogens (primary N) is 1. The number of benzene rings is 1. The summed E-state index contributed by atoms with van der Waals surface area (Å²) in [6.45, 7) is 19.3. The van der Waals surface area contributed by atoms with Crippen LogP contribution in [0.25, 0.3) is 0 Å². The van der Waals surface area contributed by atoms with Crippen molar-refractivity contribution in [3.05, 3.63) is 23.8 Å². The minimum Gasteiger partial charge on any atom is -0.458 e. The number of hydrogen-bond donors (Lipinski definition) is 1. The second kappa shape index (κ2) is 16.3. The molecule has 0 aliphatic rings. The number of rotatable bonds is 14. The molecular weight excluding hydrogens is 562 g/mol. The van der Waals surface area contributed by atoms with Crippen LogP contribution in [0.1, 0.15) is 94.6 Å². The molecule has 0 saturated carbocycles. The molecule has 0 saturated heterocycles. The predicted octanol–water partition coefficient (Wildman–Crippen LogP) is 6.48. The van der Waals surface area contributed by atoms with E-state index in [0.717, 1.165) is 0 Å². The Bertz CT molecular complexity index is 1100. The molecule has 0 aromatic heterocycles. The maximum Gasteiger partial charge on any atom is 0.514 e. The van der Waals surface area contributed by atoms with Crippen molar-refractivity contribution in [2.24, 2.45) is 11.7 Å². The van der Waals surface area contributed by atoms with Gasteiger partial charge in [-0.05, 0) is 91.3 Å². The summed E-state index contributed by atoms with van der Waals surface area (Å²) in [7, 11) is 0. The molecule has 0 amide bonds. The molecule has 244 valence electrons. The lowest BCUT2D eigenvalue weighted by Gasteiger charge is -2.24. The van der Waals surface area contributed by atoms with E-state index in [1.165, 1.54) is 12.1 Å². The van der Waals surface area contributed by atoms with E-state index in [4.69, 9.17) is 38.9 Å². The Labute approximate surface area is 254 Å². The van der Waals surface area contributed by atoms with E-state index in [2.05, 4.69) is 0 Å². The van der Waals surface area contributed by atoms with Crippen molar-refractivity contribution in [3.63, 3.8) is 0 Å². The Morgan fingerprint density at radius 3 is 1.65 bits per heavy atom. The zero-order chi connectivity index (χ0) is 33.1. The van der Waals surface area contributed by atoms with Crippen LogP contribution in [-0.4, -0.2) is 60.0 Å². The molecule has 43 heavy (non-hydrogen) atoms. The number of carbonyl (C=O) groups is 4. The van der Waals surface area contributed by atoms with Crippen LogP contribution in [0.2, 0.25) is 0 Å². The Morgan fingerprint density at radius 2 is 1.16 bits per heavy atom. The first kappa shape index (κ1) is 37.5. The Kier molecular flexibility index (Phi) is 14.2. The van der Waals surface area contributed by atoms with E-state index in [9.17, 15) is 19.2 Å². The van der Waals surface area contributed by atoms with E-state index >= 15 is 0 Å². The normalized spacial score (nSPS) is 14.5. The highest BCUT2D eigenvalue weighted by Gasteiger charge is 2.28. The summed E-state index contributed by atoms with van der Waals surface area (Å²) in [5, 5.41) is 0. The van der Waals surface area contributed by atoms with Gasteiger partial charge in [-0.2, -0.15) is 0 Å². The summed E-state index contributed by atoms with van der Waals surface area (Å²) in [6.07, 6.45) is -3.76. The molecule has 12 nitrogen and oxygen atoms in total. The van der Waals surface area contributed by atoms with Gasteiger partial charge in [0.05, 0.1) is 0 Å². The van der Waals surface area contributed by atoms with E-state index in [1.807, 2.05) is 27.7 Å². The van der Waals surface area contributed by atoms with Gasteiger partial charge in [0.2, 0.25) is 0 Å². The quantitative estimate of drug-likeness (QED) is 0.139. The zero-order valence-corrected chi connectivity index (χ0v) is 27.3. The average Bonchev–Trinajstić information content (AvgIpc) is 2.89. The third-order valence-corrected chi connectivity index (χ3v) is 7.04. The zero-order valence-electron chi connectivity index (χ0n) is 27.3. The van der Waals surface area contributed by atoms with Crippen LogP contribution in [0.5, 0.6) is 11.5 Å². The van der Waals surface area contributed by atoms with Crippen molar-refractivity contribution >= 4 is 24.4 Å². The monoisotopic (exact) mass is 611 g/mol. The van der Waals surface area contributed by atoms with Crippen LogP contribution >= 0.6 is 0 Å². The molecule has 0 aliphatic heterocycles. The van der Waals surface area contributed by atoms with Gasteiger partial charge in [0, 0.05) is 0 Å². The fourth-order valence-corrected chi connectivity index (χ4v) is 2.93. The molecule has 0 bridgehead atoms. The van der Waals surface area contributed by atoms with Gasteiger partial charge in [0.25, 0.3) is 0 Å². The summed E-state index contributed by atoms with van der Waals surface area (Å²) in [5.41, 5.74) is 5.01. The van der Waals surface area contributed by atoms with Crippen molar-refractivity contribution in [2.75, 3.05) is 0 Å². The molecule has 0 aliphatic carbocycles. The number of ether oxygens (including phenoxy) is 7. The second-order valence-electron chi connectivity index (χ2n) is 12.0. The van der Waals surface area contributed by atoms with E-state index in [0.29, 0.717) is 18.4 Å². The third-order valence-electron chi connectivity index (χ3n) is 7.04. The maximum absolute atomic E-state index is 12.7. The van der Waals surface area contributed by atoms with Crippen LogP contribution in [0, 0.1) is 5.92 Å². The molecule has 2 N–H and O–H groups in total. The van der Waals surface area contributed by atoms with E-state index < -0.39 is 53.9 Å². The minimum absolute atomic E-state index is 0.0197. The van der Waals surface area contributed by atoms with Crippen molar-refractivity contribution in [1.82, 2.24) is 0 Å². The second-order valence-corrected chi connectivity index (χ2v) is 12.0. The van der Waals surface area contributed by atoms with Gasteiger partial charge in [-0.25, -0.2) is 14.4 Å². The first-order chi connectivity index (χ1) is 19.8. The molecule has 0 heterocycles. The summed E-state index contributed by atoms with van der Waals surface area (Å²) >= 11 is 0. The SMILES string of the molecule is CCC(C)(C)OC(=O)Oc1ccc(C[C@H](N)C(=O)O[C@@H](C)[C@H](C)OC(=O)OC(C)C(C)C)cc1OC(=O)OC(C)(C)CC. The van der Waals surface area contributed by atoms with Gasteiger partial charge in [0.1, 0.15) is 35.6 Å². The number of esters is 1. The minimum atomic E-state index is -1.12. The Hall–Kier alpha value is -3.54. The van der Waals surface area contributed by atoms with Crippen LogP contribution in [0.3, 0.4) is 0 Å². The molecule has 0 radical (unpaired) electrons. The topological polar surface area (TPSA) is 159 Å². The molecule has 1 aromatic rings. The van der Waals surface area contributed by atoms with Crippen molar-refractivity contribution < 1.29 is 52.3 Å². The maximum atomic E-state index is 12.7. The van der Waals surface area contributed by atoms with Gasteiger partial charge < -0.3 is 38.9 Å². The number of hydrogen-bond acceptors (Lipinski definition) is 12. The lowest BCUT2D eigenvalue weighted by molar-refractivity contribution is -0.155. The lowest BCUT2D eigenvalue weighted by Crippen LogP contribution is -2.39. The fraction of sp³-hybridized carbons (Fsp3) is 0.677. The van der Waals surface area contributed by atoms with Gasteiger partial charge in [-0.1, -0.05) is 33.8 Å². The van der Waals surface area contributed by atoms with E-state index in [-0.39, 0.29) is 29.9 Å². The molecule has 0 spiro atoms. The Morgan fingerprint density at radius 1 is 0.698 bits per heavy atom. The first-order valence-corrected chi connectivity index (χ1v) is 14.6. The smallest absolute Gasteiger partial charge is 0.458 e. The van der Waals surface area contributed by atoms with Crippen LogP contribution in [-0.2, 0) is 34.9 Å². The highest BCUT2D eigenvalue weighted by molar-refractivity contribution is 5.76. The third kappa shape index (κ3) is 13.5. The summed E-state index contributed by atoms with van der Waals surface area (Å²) in [4.78, 5) is 49.7. The molecule has 1 aromatic carbocycles. The van der Waals surface area contributed by atoms with Crippen molar-refractivity contribution in [3.8, 4) is 11.5 Å². The summed E-state index contributed by atoms with van der Waals surface area (Å²) in [6, 6.07) is 3.23. The molecule has 4 atom stereocenters. The van der Waals surface area contributed by atoms with Gasteiger partial charge >= 0.3 is 24.4 Å². The predicted molar refractivity (Wildman–Crippen MR) is 158 cm³/mol. The average molecular weight is 612 g/mol. The lowest BCUT2D eigenvalue weighted by atomic mass is 10.1. The van der Waals surface area contributed by atoms with Crippen molar-refractivity contribution in [2.45, 2.75) is 131 Å². The van der Waals surface area contributed by atoms with Gasteiger partial charge in [-0.15, -0.1) is 0 Å². The van der Waals surface area contributed by atoms with Crippen LogP contribution in [0.15, 0.2) is 18.2 Å². The van der Waals surface area contributed by atoms with Crippen LogP contribution < -0.4 is 15.2 Å². The highest BCUT2D eigenvalue weighted by atomic mass is 16.8. The van der Waals surface area contributed by atoms with Crippen LogP contribution in [0.4, 0.5) is 14.4 Å². The number of carbonyl (C=O) groups excluding carboxylic acids is 4.